The Morgan fingerprint density at radius 1 is 0.969 bits per heavy atom. The van der Waals surface area contributed by atoms with Crippen LogP contribution in [0.25, 0.3) is 0 Å². The van der Waals surface area contributed by atoms with Gasteiger partial charge in [-0.05, 0) is 67.1 Å². The molecule has 1 amide bonds. The lowest BCUT2D eigenvalue weighted by atomic mass is 10.2. The van der Waals surface area contributed by atoms with Gasteiger partial charge in [0.2, 0.25) is 0 Å². The smallest absolute Gasteiger partial charge is 0.262 e. The Morgan fingerprint density at radius 2 is 1.62 bits per heavy atom. The summed E-state index contributed by atoms with van der Waals surface area (Å²) in [7, 11) is -2.35. The van der Waals surface area contributed by atoms with Crippen molar-refractivity contribution < 1.29 is 22.7 Å². The Morgan fingerprint density at radius 3 is 2.25 bits per heavy atom. The van der Waals surface area contributed by atoms with Crippen LogP contribution in [-0.2, 0) is 14.8 Å². The number of methoxy groups -OCH3 is 1. The van der Waals surface area contributed by atoms with Crippen molar-refractivity contribution in [1.29, 1.82) is 0 Å². The number of hydrogen-bond donors (Lipinski definition) is 2. The third-order valence-corrected chi connectivity index (χ3v) is 6.08. The minimum atomic E-state index is -3.86. The summed E-state index contributed by atoms with van der Waals surface area (Å²) in [5.41, 5.74) is 1.74. The molecule has 3 rings (SSSR count). The highest BCUT2D eigenvalue weighted by molar-refractivity contribution is 7.92. The van der Waals surface area contributed by atoms with Gasteiger partial charge in [-0.25, -0.2) is 8.42 Å². The number of ether oxygens (including phenoxy) is 2. The topological polar surface area (TPSA) is 93.7 Å². The molecule has 32 heavy (non-hydrogen) atoms. The number of halogens is 2. The Balaban J connectivity index is 1.62. The van der Waals surface area contributed by atoms with Crippen LogP contribution >= 0.6 is 23.2 Å². The summed E-state index contributed by atoms with van der Waals surface area (Å²) < 4.78 is 38.3. The second-order valence-corrected chi connectivity index (χ2v) is 9.33. The normalized spacial score (nSPS) is 11.0. The number of rotatable bonds is 8. The molecule has 0 heterocycles. The summed E-state index contributed by atoms with van der Waals surface area (Å²) >= 11 is 11.8. The first-order valence-corrected chi connectivity index (χ1v) is 11.6. The zero-order chi connectivity index (χ0) is 23.3. The summed E-state index contributed by atoms with van der Waals surface area (Å²) in [5.74, 6) is 0.484. The molecule has 0 saturated carbocycles. The van der Waals surface area contributed by atoms with Gasteiger partial charge in [-0.15, -0.1) is 0 Å². The van der Waals surface area contributed by atoms with E-state index in [1.54, 1.807) is 12.1 Å². The summed E-state index contributed by atoms with van der Waals surface area (Å²) in [6, 6.07) is 15.5. The van der Waals surface area contributed by atoms with Gasteiger partial charge in [-0.3, -0.25) is 9.52 Å². The van der Waals surface area contributed by atoms with Gasteiger partial charge in [0.15, 0.2) is 6.61 Å². The summed E-state index contributed by atoms with van der Waals surface area (Å²) in [6.45, 7) is 1.64. The molecule has 0 aliphatic rings. The molecule has 0 aromatic heterocycles. The minimum Gasteiger partial charge on any atom is -0.495 e. The van der Waals surface area contributed by atoms with Crippen molar-refractivity contribution >= 4 is 50.5 Å². The molecule has 0 aliphatic heterocycles. The number of benzene rings is 3. The van der Waals surface area contributed by atoms with Gasteiger partial charge in [-0.1, -0.05) is 29.3 Å². The van der Waals surface area contributed by atoms with E-state index in [9.17, 15) is 13.2 Å². The van der Waals surface area contributed by atoms with Crippen LogP contribution in [0.2, 0.25) is 10.0 Å². The molecule has 0 aliphatic carbocycles. The highest BCUT2D eigenvalue weighted by atomic mass is 35.5. The zero-order valence-electron chi connectivity index (χ0n) is 17.2. The Kier molecular flexibility index (Phi) is 7.50. The van der Waals surface area contributed by atoms with Gasteiger partial charge in [-0.2, -0.15) is 0 Å². The Bertz CT molecular complexity index is 1210. The molecule has 0 saturated heterocycles. The van der Waals surface area contributed by atoms with Gasteiger partial charge in [0.1, 0.15) is 11.5 Å². The highest BCUT2D eigenvalue weighted by Crippen LogP contribution is 2.26. The van der Waals surface area contributed by atoms with Gasteiger partial charge in [0, 0.05) is 10.0 Å². The standard InChI is InChI=1S/C22H20Cl2N2O5S/c1-14-3-8-21(30-2)20(9-14)25-22(27)13-31-18-4-6-19(7-5-18)32(28,29)26-17-11-15(23)10-16(24)12-17/h3-12,26H,13H2,1-2H3,(H,25,27). The SMILES string of the molecule is COc1ccc(C)cc1NC(=O)COc1ccc(S(=O)(=O)Nc2cc(Cl)cc(Cl)c2)cc1. The fourth-order valence-electron chi connectivity index (χ4n) is 2.80. The van der Waals surface area contributed by atoms with E-state index in [1.807, 2.05) is 13.0 Å². The molecule has 0 spiro atoms. The maximum absolute atomic E-state index is 12.6. The van der Waals surface area contributed by atoms with Crippen LogP contribution in [0.5, 0.6) is 11.5 Å². The third-order valence-electron chi connectivity index (χ3n) is 4.25. The predicted molar refractivity (Wildman–Crippen MR) is 126 cm³/mol. The van der Waals surface area contributed by atoms with E-state index in [0.717, 1.165) is 5.56 Å². The average Bonchev–Trinajstić information content (AvgIpc) is 2.71. The second-order valence-electron chi connectivity index (χ2n) is 6.78. The quantitative estimate of drug-likeness (QED) is 0.452. The average molecular weight is 495 g/mol. The molecular weight excluding hydrogens is 475 g/mol. The van der Waals surface area contributed by atoms with Crippen molar-refractivity contribution in [2.24, 2.45) is 0 Å². The van der Waals surface area contributed by atoms with E-state index in [0.29, 0.717) is 27.2 Å². The molecule has 0 atom stereocenters. The maximum Gasteiger partial charge on any atom is 0.262 e. The molecule has 0 fully saturated rings. The Hall–Kier alpha value is -2.94. The third kappa shape index (κ3) is 6.29. The van der Waals surface area contributed by atoms with Crippen molar-refractivity contribution in [2.75, 3.05) is 23.8 Å². The van der Waals surface area contributed by atoms with E-state index in [-0.39, 0.29) is 23.1 Å². The zero-order valence-corrected chi connectivity index (χ0v) is 19.5. The van der Waals surface area contributed by atoms with Crippen molar-refractivity contribution in [3.8, 4) is 11.5 Å². The molecule has 7 nitrogen and oxygen atoms in total. The van der Waals surface area contributed by atoms with Crippen LogP contribution in [0.4, 0.5) is 11.4 Å². The lowest BCUT2D eigenvalue weighted by molar-refractivity contribution is -0.118. The lowest BCUT2D eigenvalue weighted by Crippen LogP contribution is -2.20. The lowest BCUT2D eigenvalue weighted by Gasteiger charge is -2.12. The van der Waals surface area contributed by atoms with Gasteiger partial charge in [0.05, 0.1) is 23.4 Å². The van der Waals surface area contributed by atoms with Crippen LogP contribution in [0.15, 0.2) is 65.6 Å². The molecule has 2 N–H and O–H groups in total. The van der Waals surface area contributed by atoms with E-state index in [2.05, 4.69) is 10.0 Å². The first-order chi connectivity index (χ1) is 15.2. The van der Waals surface area contributed by atoms with Gasteiger partial charge < -0.3 is 14.8 Å². The molecule has 0 radical (unpaired) electrons. The molecule has 10 heteroatoms. The van der Waals surface area contributed by atoms with Crippen molar-refractivity contribution in [1.82, 2.24) is 0 Å². The first-order valence-electron chi connectivity index (χ1n) is 9.32. The number of amides is 1. The van der Waals surface area contributed by atoms with E-state index < -0.39 is 10.0 Å². The molecule has 3 aromatic carbocycles. The van der Waals surface area contributed by atoms with E-state index in [4.69, 9.17) is 32.7 Å². The van der Waals surface area contributed by atoms with E-state index >= 15 is 0 Å². The summed E-state index contributed by atoms with van der Waals surface area (Å²) in [4.78, 5) is 12.2. The number of anilines is 2. The fourth-order valence-corrected chi connectivity index (χ4v) is 4.36. The molecule has 3 aromatic rings. The predicted octanol–water partition coefficient (Wildman–Crippen LogP) is 5.13. The largest absolute Gasteiger partial charge is 0.495 e. The molecule has 0 bridgehead atoms. The number of carbonyl (C=O) groups excluding carboxylic acids is 1. The van der Waals surface area contributed by atoms with Crippen LogP contribution in [0.3, 0.4) is 0 Å². The van der Waals surface area contributed by atoms with Crippen LogP contribution < -0.4 is 19.5 Å². The molecule has 168 valence electrons. The summed E-state index contributed by atoms with van der Waals surface area (Å²) in [6.07, 6.45) is 0. The van der Waals surface area contributed by atoms with Gasteiger partial charge >= 0.3 is 0 Å². The fraction of sp³-hybridized carbons (Fsp3) is 0.136. The highest BCUT2D eigenvalue weighted by Gasteiger charge is 2.15. The van der Waals surface area contributed by atoms with Crippen LogP contribution in [0.1, 0.15) is 5.56 Å². The van der Waals surface area contributed by atoms with Crippen molar-refractivity contribution in [3.05, 3.63) is 76.3 Å². The Labute approximate surface area is 196 Å². The first kappa shape index (κ1) is 23.7. The molecular formula is C22H20Cl2N2O5S. The van der Waals surface area contributed by atoms with E-state index in [1.165, 1.54) is 49.6 Å². The maximum atomic E-state index is 12.6. The number of carbonyl (C=O) groups is 1. The van der Waals surface area contributed by atoms with Crippen LogP contribution in [-0.4, -0.2) is 28.0 Å². The molecule has 0 unspecified atom stereocenters. The van der Waals surface area contributed by atoms with Crippen LogP contribution in [0, 0.1) is 6.92 Å². The minimum absolute atomic E-state index is 0.00916. The van der Waals surface area contributed by atoms with Crippen molar-refractivity contribution in [3.63, 3.8) is 0 Å². The number of aryl methyl sites for hydroxylation is 1. The van der Waals surface area contributed by atoms with Gasteiger partial charge in [0.25, 0.3) is 15.9 Å². The number of sulfonamides is 1. The van der Waals surface area contributed by atoms with Crippen molar-refractivity contribution in [2.45, 2.75) is 11.8 Å². The second kappa shape index (κ2) is 10.1. The monoisotopic (exact) mass is 494 g/mol. The summed E-state index contributed by atoms with van der Waals surface area (Å²) in [5, 5.41) is 3.34. The number of nitrogens with one attached hydrogen (secondary N) is 2. The number of hydrogen-bond acceptors (Lipinski definition) is 5.